The van der Waals surface area contributed by atoms with E-state index >= 15 is 0 Å². The lowest BCUT2D eigenvalue weighted by atomic mass is 10.2. The first-order chi connectivity index (χ1) is 6.63. The first-order valence-electron chi connectivity index (χ1n) is 4.92. The van der Waals surface area contributed by atoms with Gasteiger partial charge in [-0.1, -0.05) is 0 Å². The summed E-state index contributed by atoms with van der Waals surface area (Å²) in [6, 6.07) is -1.31. The molecule has 0 aliphatic heterocycles. The van der Waals surface area contributed by atoms with Gasteiger partial charge in [-0.3, -0.25) is 4.79 Å². The highest BCUT2D eigenvalue weighted by molar-refractivity contribution is 5.87. The van der Waals surface area contributed by atoms with Crippen LogP contribution in [0.5, 0.6) is 0 Å². The Labute approximate surface area is 103 Å². The van der Waals surface area contributed by atoms with Gasteiger partial charge in [-0.2, -0.15) is 0 Å². The lowest BCUT2D eigenvalue weighted by Crippen LogP contribution is -2.47. The molecular weight excluding hydrogens is 232 g/mol. The zero-order valence-corrected chi connectivity index (χ0v) is 11.2. The number of nitrogens with two attached hydrogens (primary N) is 1. The van der Waals surface area contributed by atoms with Crippen molar-refractivity contribution in [1.29, 1.82) is 0 Å². The van der Waals surface area contributed by atoms with Crippen LogP contribution in [0.15, 0.2) is 0 Å². The summed E-state index contributed by atoms with van der Waals surface area (Å²) < 4.78 is 5.09. The lowest BCUT2D eigenvalue weighted by molar-refractivity contribution is -0.158. The minimum absolute atomic E-state index is 0. The van der Waals surface area contributed by atoms with Crippen LogP contribution in [-0.4, -0.2) is 29.6 Å². The average molecular weight is 253 g/mol. The molecule has 0 rings (SSSR count). The van der Waals surface area contributed by atoms with E-state index in [4.69, 9.17) is 10.5 Å². The summed E-state index contributed by atoms with van der Waals surface area (Å²) in [6.45, 7) is 8.42. The molecule has 0 aromatic rings. The molecule has 0 aromatic heterocycles. The lowest BCUT2D eigenvalue weighted by Gasteiger charge is -2.23. The number of carbonyl (C=O) groups is 2. The van der Waals surface area contributed by atoms with Gasteiger partial charge >= 0.3 is 5.97 Å². The first-order valence-corrected chi connectivity index (χ1v) is 4.92. The summed E-state index contributed by atoms with van der Waals surface area (Å²) in [7, 11) is 0. The molecule has 0 saturated carbocycles. The maximum Gasteiger partial charge on any atom is 0.328 e. The van der Waals surface area contributed by atoms with E-state index in [-0.39, 0.29) is 18.3 Å². The first kappa shape index (κ1) is 17.6. The van der Waals surface area contributed by atoms with Crippen LogP contribution >= 0.6 is 12.4 Å². The van der Waals surface area contributed by atoms with Crippen molar-refractivity contribution in [2.45, 2.75) is 52.3 Å². The van der Waals surface area contributed by atoms with E-state index in [0.29, 0.717) is 0 Å². The predicted octanol–water partition coefficient (Wildman–Crippen LogP) is 0.602. The third kappa shape index (κ3) is 7.48. The molecule has 6 heteroatoms. The van der Waals surface area contributed by atoms with Gasteiger partial charge in [0.1, 0.15) is 11.6 Å². The molecule has 0 aromatic carbocycles. The number of amides is 1. The van der Waals surface area contributed by atoms with Crippen LogP contribution in [-0.2, 0) is 14.3 Å². The van der Waals surface area contributed by atoms with E-state index in [1.165, 1.54) is 0 Å². The Morgan fingerprint density at radius 3 is 2.00 bits per heavy atom. The molecule has 0 fully saturated rings. The van der Waals surface area contributed by atoms with Crippen molar-refractivity contribution in [3.05, 3.63) is 0 Å². The number of rotatable bonds is 3. The Morgan fingerprint density at radius 1 is 1.25 bits per heavy atom. The maximum atomic E-state index is 11.4. The summed E-state index contributed by atoms with van der Waals surface area (Å²) in [5.74, 6) is -0.829. The van der Waals surface area contributed by atoms with Crippen molar-refractivity contribution in [2.75, 3.05) is 0 Å². The molecule has 0 saturated heterocycles. The number of hydrogen-bond donors (Lipinski definition) is 2. The summed E-state index contributed by atoms with van der Waals surface area (Å²) in [5.41, 5.74) is 4.80. The van der Waals surface area contributed by atoms with Gasteiger partial charge in [0, 0.05) is 0 Å². The van der Waals surface area contributed by atoms with Gasteiger partial charge in [-0.05, 0) is 34.6 Å². The molecule has 96 valence electrons. The molecular formula is C10H21ClN2O3. The van der Waals surface area contributed by atoms with Crippen LogP contribution in [0.2, 0.25) is 0 Å². The fraction of sp³-hybridized carbons (Fsp3) is 0.800. The second kappa shape index (κ2) is 6.70. The zero-order chi connectivity index (χ0) is 12.2. The standard InChI is InChI=1S/C10H20N2O3.ClH/c1-6(11)8(13)12-7(2)9(14)15-10(3,4)5;/h6-7H,11H2,1-5H3,(H,12,13);1H. The van der Waals surface area contributed by atoms with Crippen molar-refractivity contribution in [3.8, 4) is 0 Å². The zero-order valence-electron chi connectivity index (χ0n) is 10.4. The van der Waals surface area contributed by atoms with E-state index in [0.717, 1.165) is 0 Å². The van der Waals surface area contributed by atoms with Crippen molar-refractivity contribution >= 4 is 24.3 Å². The Kier molecular flexibility index (Phi) is 7.37. The quantitative estimate of drug-likeness (QED) is 0.721. The molecule has 2 unspecified atom stereocenters. The maximum absolute atomic E-state index is 11.4. The number of esters is 1. The largest absolute Gasteiger partial charge is 0.458 e. The van der Waals surface area contributed by atoms with Crippen LogP contribution in [0.3, 0.4) is 0 Å². The SMILES string of the molecule is CC(N)C(=O)NC(C)C(=O)OC(C)(C)C.Cl. The van der Waals surface area contributed by atoms with Crippen molar-refractivity contribution in [1.82, 2.24) is 5.32 Å². The summed E-state index contributed by atoms with van der Waals surface area (Å²) in [6.07, 6.45) is 0. The molecule has 0 heterocycles. The Hall–Kier alpha value is -0.810. The minimum atomic E-state index is -0.678. The van der Waals surface area contributed by atoms with Gasteiger partial charge < -0.3 is 15.8 Å². The predicted molar refractivity (Wildman–Crippen MR) is 64.3 cm³/mol. The fourth-order valence-corrected chi connectivity index (χ4v) is 0.794. The number of halogens is 1. The minimum Gasteiger partial charge on any atom is -0.458 e. The van der Waals surface area contributed by atoms with E-state index in [9.17, 15) is 9.59 Å². The van der Waals surface area contributed by atoms with Gasteiger partial charge in [-0.15, -0.1) is 12.4 Å². The highest BCUT2D eigenvalue weighted by atomic mass is 35.5. The van der Waals surface area contributed by atoms with Crippen LogP contribution in [0.4, 0.5) is 0 Å². The van der Waals surface area contributed by atoms with Gasteiger partial charge in [0.2, 0.25) is 5.91 Å². The van der Waals surface area contributed by atoms with Crippen LogP contribution < -0.4 is 11.1 Å². The van der Waals surface area contributed by atoms with Crippen molar-refractivity contribution < 1.29 is 14.3 Å². The second-order valence-corrected chi connectivity index (χ2v) is 4.55. The number of hydrogen-bond acceptors (Lipinski definition) is 4. The molecule has 5 nitrogen and oxygen atoms in total. The fourth-order valence-electron chi connectivity index (χ4n) is 0.794. The monoisotopic (exact) mass is 252 g/mol. The molecule has 1 amide bonds. The highest BCUT2D eigenvalue weighted by Crippen LogP contribution is 2.08. The van der Waals surface area contributed by atoms with Crippen LogP contribution in [0.25, 0.3) is 0 Å². The molecule has 16 heavy (non-hydrogen) atoms. The molecule has 0 bridgehead atoms. The number of nitrogens with one attached hydrogen (secondary N) is 1. The Morgan fingerprint density at radius 2 is 1.69 bits per heavy atom. The average Bonchev–Trinajstić information content (AvgIpc) is 2.00. The highest BCUT2D eigenvalue weighted by Gasteiger charge is 2.23. The van der Waals surface area contributed by atoms with Gasteiger partial charge in [0.25, 0.3) is 0 Å². The van der Waals surface area contributed by atoms with Gasteiger partial charge in [-0.25, -0.2) is 4.79 Å². The molecule has 0 aliphatic carbocycles. The number of ether oxygens (including phenoxy) is 1. The Balaban J connectivity index is 0. The van der Waals surface area contributed by atoms with Gasteiger partial charge in [0.15, 0.2) is 0 Å². The summed E-state index contributed by atoms with van der Waals surface area (Å²) in [5, 5.41) is 2.46. The van der Waals surface area contributed by atoms with E-state index in [1.807, 2.05) is 0 Å². The smallest absolute Gasteiger partial charge is 0.328 e. The third-order valence-corrected chi connectivity index (χ3v) is 1.53. The summed E-state index contributed by atoms with van der Waals surface area (Å²) >= 11 is 0. The van der Waals surface area contributed by atoms with Crippen molar-refractivity contribution in [3.63, 3.8) is 0 Å². The number of carbonyl (C=O) groups excluding carboxylic acids is 2. The molecule has 2 atom stereocenters. The van der Waals surface area contributed by atoms with Crippen molar-refractivity contribution in [2.24, 2.45) is 5.73 Å². The van der Waals surface area contributed by atoms with Crippen LogP contribution in [0, 0.1) is 0 Å². The topological polar surface area (TPSA) is 81.4 Å². The van der Waals surface area contributed by atoms with Gasteiger partial charge in [0.05, 0.1) is 6.04 Å². The van der Waals surface area contributed by atoms with E-state index in [1.54, 1.807) is 34.6 Å². The molecule has 0 aliphatic rings. The third-order valence-electron chi connectivity index (χ3n) is 1.53. The Bertz CT molecular complexity index is 249. The second-order valence-electron chi connectivity index (χ2n) is 4.55. The van der Waals surface area contributed by atoms with Crippen LogP contribution in [0.1, 0.15) is 34.6 Å². The van der Waals surface area contributed by atoms with E-state index < -0.39 is 23.7 Å². The molecule has 3 N–H and O–H groups in total. The molecule has 0 spiro atoms. The normalized spacial score (nSPS) is 14.4. The summed E-state index contributed by atoms with van der Waals surface area (Å²) in [4.78, 5) is 22.6. The van der Waals surface area contributed by atoms with E-state index in [2.05, 4.69) is 5.32 Å². The molecule has 0 radical (unpaired) electrons.